The van der Waals surface area contributed by atoms with E-state index >= 15 is 0 Å². The van der Waals surface area contributed by atoms with Crippen molar-refractivity contribution in [3.63, 3.8) is 0 Å². The molecule has 0 bridgehead atoms. The number of aromatic nitrogens is 1. The normalized spacial score (nSPS) is 10.6. The fourth-order valence-corrected chi connectivity index (χ4v) is 2.63. The molecule has 0 aliphatic carbocycles. The standard InChI is InChI=1S/C10H8BrClN2S/c11-6-1-2-9(12)8(3-6)10-14-5-7(4-13)15-10/h1-3,5H,4,13H2. The number of nitrogens with zero attached hydrogens (tertiary/aromatic N) is 1. The Balaban J connectivity index is 2.48. The quantitative estimate of drug-likeness (QED) is 0.919. The van der Waals surface area contributed by atoms with Gasteiger partial charge in [-0.15, -0.1) is 11.3 Å². The van der Waals surface area contributed by atoms with E-state index in [2.05, 4.69) is 20.9 Å². The smallest absolute Gasteiger partial charge is 0.125 e. The van der Waals surface area contributed by atoms with Crippen molar-refractivity contribution >= 4 is 38.9 Å². The van der Waals surface area contributed by atoms with Gasteiger partial charge in [0.2, 0.25) is 0 Å². The molecule has 0 saturated heterocycles. The van der Waals surface area contributed by atoms with Crippen LogP contribution >= 0.6 is 38.9 Å². The molecular weight excluding hydrogens is 296 g/mol. The number of hydrogen-bond acceptors (Lipinski definition) is 3. The number of hydrogen-bond donors (Lipinski definition) is 1. The van der Waals surface area contributed by atoms with Gasteiger partial charge in [0.05, 0.1) is 5.02 Å². The summed E-state index contributed by atoms with van der Waals surface area (Å²) in [5.74, 6) is 0. The van der Waals surface area contributed by atoms with Gasteiger partial charge in [0, 0.05) is 27.7 Å². The van der Waals surface area contributed by atoms with E-state index in [0.717, 1.165) is 19.9 Å². The predicted molar refractivity (Wildman–Crippen MR) is 68.2 cm³/mol. The number of benzene rings is 1. The number of halogens is 2. The minimum atomic E-state index is 0.517. The number of nitrogens with two attached hydrogens (primary N) is 1. The molecule has 1 aromatic carbocycles. The summed E-state index contributed by atoms with van der Waals surface area (Å²) < 4.78 is 0.992. The lowest BCUT2D eigenvalue weighted by Gasteiger charge is -2.00. The minimum absolute atomic E-state index is 0.517. The molecule has 5 heteroatoms. The zero-order valence-corrected chi connectivity index (χ0v) is 10.9. The molecule has 15 heavy (non-hydrogen) atoms. The largest absolute Gasteiger partial charge is 0.326 e. The van der Waals surface area contributed by atoms with E-state index in [0.29, 0.717) is 11.6 Å². The van der Waals surface area contributed by atoms with Gasteiger partial charge < -0.3 is 5.73 Å². The Morgan fingerprint density at radius 2 is 2.27 bits per heavy atom. The van der Waals surface area contributed by atoms with Crippen LogP contribution in [0.5, 0.6) is 0 Å². The fourth-order valence-electron chi connectivity index (χ4n) is 1.19. The summed E-state index contributed by atoms with van der Waals surface area (Å²) in [6.45, 7) is 0.517. The highest BCUT2D eigenvalue weighted by atomic mass is 79.9. The Kier molecular flexibility index (Phi) is 3.41. The topological polar surface area (TPSA) is 38.9 Å². The molecule has 2 nitrogen and oxygen atoms in total. The van der Waals surface area contributed by atoms with Crippen molar-refractivity contribution in [1.29, 1.82) is 0 Å². The van der Waals surface area contributed by atoms with Gasteiger partial charge in [-0.3, -0.25) is 0 Å². The molecule has 2 rings (SSSR count). The maximum absolute atomic E-state index is 6.10. The summed E-state index contributed by atoms with van der Waals surface area (Å²) in [6.07, 6.45) is 1.79. The lowest BCUT2D eigenvalue weighted by Crippen LogP contribution is -1.91. The zero-order chi connectivity index (χ0) is 10.8. The van der Waals surface area contributed by atoms with Gasteiger partial charge in [0.15, 0.2) is 0 Å². The Morgan fingerprint density at radius 1 is 1.47 bits per heavy atom. The van der Waals surface area contributed by atoms with Crippen molar-refractivity contribution in [3.8, 4) is 10.6 Å². The molecule has 2 N–H and O–H groups in total. The third-order valence-electron chi connectivity index (χ3n) is 1.91. The Labute approximate surface area is 105 Å². The lowest BCUT2D eigenvalue weighted by atomic mass is 10.2. The maximum Gasteiger partial charge on any atom is 0.125 e. The second kappa shape index (κ2) is 4.61. The highest BCUT2D eigenvalue weighted by molar-refractivity contribution is 9.10. The van der Waals surface area contributed by atoms with Crippen LogP contribution in [0, 0.1) is 0 Å². The Bertz CT molecular complexity index is 484. The van der Waals surface area contributed by atoms with Crippen molar-refractivity contribution < 1.29 is 0 Å². The number of thiazole rings is 1. The first kappa shape index (κ1) is 11.1. The lowest BCUT2D eigenvalue weighted by molar-refractivity contribution is 1.10. The fraction of sp³-hybridized carbons (Fsp3) is 0.100. The summed E-state index contributed by atoms with van der Waals surface area (Å²) in [5, 5.41) is 1.61. The molecular formula is C10H8BrClN2S. The van der Waals surface area contributed by atoms with Crippen molar-refractivity contribution in [2.45, 2.75) is 6.54 Å². The van der Waals surface area contributed by atoms with E-state index in [1.54, 1.807) is 17.5 Å². The maximum atomic E-state index is 6.10. The van der Waals surface area contributed by atoms with E-state index in [1.165, 1.54) is 0 Å². The average Bonchev–Trinajstić information content (AvgIpc) is 2.70. The van der Waals surface area contributed by atoms with E-state index in [-0.39, 0.29) is 0 Å². The molecule has 0 aliphatic heterocycles. The SMILES string of the molecule is NCc1cnc(-c2cc(Br)ccc2Cl)s1. The first-order valence-corrected chi connectivity index (χ1v) is 6.29. The van der Waals surface area contributed by atoms with Crippen LogP contribution in [0.15, 0.2) is 28.9 Å². The first-order valence-electron chi connectivity index (χ1n) is 4.31. The van der Waals surface area contributed by atoms with Crippen LogP contribution in [0.4, 0.5) is 0 Å². The summed E-state index contributed by atoms with van der Waals surface area (Å²) in [7, 11) is 0. The van der Waals surface area contributed by atoms with Crippen molar-refractivity contribution in [1.82, 2.24) is 4.98 Å². The van der Waals surface area contributed by atoms with Crippen LogP contribution in [0.2, 0.25) is 5.02 Å². The highest BCUT2D eigenvalue weighted by Crippen LogP contribution is 2.33. The monoisotopic (exact) mass is 302 g/mol. The second-order valence-electron chi connectivity index (χ2n) is 2.96. The summed E-state index contributed by atoms with van der Waals surface area (Å²) in [6, 6.07) is 5.72. The number of rotatable bonds is 2. The molecule has 0 aliphatic rings. The van der Waals surface area contributed by atoms with Crippen LogP contribution in [0.1, 0.15) is 4.88 Å². The van der Waals surface area contributed by atoms with Crippen LogP contribution in [0.25, 0.3) is 10.6 Å². The van der Waals surface area contributed by atoms with Crippen molar-refractivity contribution in [2.24, 2.45) is 5.73 Å². The summed E-state index contributed by atoms with van der Waals surface area (Å²) in [4.78, 5) is 5.35. The van der Waals surface area contributed by atoms with Gasteiger partial charge in [0.1, 0.15) is 5.01 Å². The second-order valence-corrected chi connectivity index (χ2v) is 5.40. The van der Waals surface area contributed by atoms with Crippen LogP contribution in [0.3, 0.4) is 0 Å². The van der Waals surface area contributed by atoms with Gasteiger partial charge >= 0.3 is 0 Å². The Morgan fingerprint density at radius 3 is 2.93 bits per heavy atom. The molecule has 0 saturated carbocycles. The summed E-state index contributed by atoms with van der Waals surface area (Å²) >= 11 is 11.1. The van der Waals surface area contributed by atoms with Gasteiger partial charge in [-0.2, -0.15) is 0 Å². The third kappa shape index (κ3) is 2.39. The van der Waals surface area contributed by atoms with Crippen LogP contribution < -0.4 is 5.73 Å². The van der Waals surface area contributed by atoms with E-state index in [4.69, 9.17) is 17.3 Å². The molecule has 1 heterocycles. The molecule has 0 spiro atoms. The molecule has 0 atom stereocenters. The van der Waals surface area contributed by atoms with Crippen LogP contribution in [-0.2, 0) is 6.54 Å². The molecule has 0 unspecified atom stereocenters. The molecule has 0 radical (unpaired) electrons. The van der Waals surface area contributed by atoms with E-state index in [9.17, 15) is 0 Å². The van der Waals surface area contributed by atoms with Gasteiger partial charge in [0.25, 0.3) is 0 Å². The molecule has 1 aromatic heterocycles. The zero-order valence-electron chi connectivity index (χ0n) is 7.71. The molecule has 0 fully saturated rings. The molecule has 0 amide bonds. The van der Waals surface area contributed by atoms with E-state index in [1.807, 2.05) is 18.2 Å². The minimum Gasteiger partial charge on any atom is -0.326 e. The van der Waals surface area contributed by atoms with Gasteiger partial charge in [-0.05, 0) is 18.2 Å². The molecule has 2 aromatic rings. The van der Waals surface area contributed by atoms with Gasteiger partial charge in [-0.25, -0.2) is 4.98 Å². The average molecular weight is 304 g/mol. The predicted octanol–water partition coefficient (Wildman–Crippen LogP) is 3.68. The van der Waals surface area contributed by atoms with E-state index < -0.39 is 0 Å². The van der Waals surface area contributed by atoms with Crippen molar-refractivity contribution in [3.05, 3.63) is 38.8 Å². The highest BCUT2D eigenvalue weighted by Gasteiger charge is 2.08. The van der Waals surface area contributed by atoms with Crippen LogP contribution in [-0.4, -0.2) is 4.98 Å². The third-order valence-corrected chi connectivity index (χ3v) is 3.79. The first-order chi connectivity index (χ1) is 7.20. The molecule has 78 valence electrons. The van der Waals surface area contributed by atoms with Crippen molar-refractivity contribution in [2.75, 3.05) is 0 Å². The summed E-state index contributed by atoms with van der Waals surface area (Å²) in [5.41, 5.74) is 6.48. The van der Waals surface area contributed by atoms with Gasteiger partial charge in [-0.1, -0.05) is 27.5 Å². The Hall–Kier alpha value is -0.420.